The van der Waals surface area contributed by atoms with Gasteiger partial charge in [-0.2, -0.15) is 13.2 Å². The highest BCUT2D eigenvalue weighted by Gasteiger charge is 2.27. The maximum Gasteiger partial charge on any atom is 0.422 e. The number of hydrogen-bond donors (Lipinski definition) is 1. The topological polar surface area (TPSA) is 40.1 Å². The molecule has 158 valence electrons. The second-order valence-corrected chi connectivity index (χ2v) is 7.34. The Bertz CT molecular complexity index is 468. The van der Waals surface area contributed by atoms with Gasteiger partial charge >= 0.3 is 6.18 Å². The largest absolute Gasteiger partial charge is 0.474 e. The summed E-state index contributed by atoms with van der Waals surface area (Å²) in [6.07, 6.45) is 3.74. The lowest BCUT2D eigenvalue weighted by atomic mass is 10.2. The van der Waals surface area contributed by atoms with Gasteiger partial charge in [0.05, 0.1) is 5.70 Å². The summed E-state index contributed by atoms with van der Waals surface area (Å²) < 4.78 is 40.9. The molecule has 0 atom stereocenters. The zero-order valence-corrected chi connectivity index (χ0v) is 17.5. The van der Waals surface area contributed by atoms with Gasteiger partial charge in [-0.15, -0.1) is 11.8 Å². The third kappa shape index (κ3) is 11.0. The van der Waals surface area contributed by atoms with Crippen molar-refractivity contribution >= 4 is 18.2 Å². The number of halogens is 3. The van der Waals surface area contributed by atoms with Crippen LogP contribution in [0.25, 0.3) is 0 Å². The van der Waals surface area contributed by atoms with E-state index in [-0.39, 0.29) is 0 Å². The smallest absolute Gasteiger partial charge is 0.422 e. The Labute approximate surface area is 165 Å². The molecule has 0 fully saturated rings. The maximum atomic E-state index is 12.1. The fourth-order valence-corrected chi connectivity index (χ4v) is 3.66. The van der Waals surface area contributed by atoms with Gasteiger partial charge in [0, 0.05) is 37.5 Å². The lowest BCUT2D eigenvalue weighted by Gasteiger charge is -2.21. The first-order valence-electron chi connectivity index (χ1n) is 9.51. The number of hydrogen-bond acceptors (Lipinski definition) is 6. The van der Waals surface area contributed by atoms with Crippen molar-refractivity contribution in [2.45, 2.75) is 45.2 Å². The minimum absolute atomic E-state index is 0.741. The van der Waals surface area contributed by atoms with Crippen molar-refractivity contribution in [3.63, 3.8) is 0 Å². The first-order valence-corrected chi connectivity index (χ1v) is 10.7. The van der Waals surface area contributed by atoms with Gasteiger partial charge in [-0.25, -0.2) is 10.0 Å². The average molecular weight is 411 g/mol. The molecule has 0 saturated heterocycles. The fraction of sp³-hybridized carbons (Fsp3) is 0.833. The Morgan fingerprint density at radius 3 is 2.63 bits per heavy atom. The van der Waals surface area contributed by atoms with Crippen molar-refractivity contribution < 1.29 is 17.9 Å². The van der Waals surface area contributed by atoms with Crippen molar-refractivity contribution in [1.82, 2.24) is 15.3 Å². The van der Waals surface area contributed by atoms with Gasteiger partial charge in [0.2, 0.25) is 0 Å². The Balaban J connectivity index is 2.34. The van der Waals surface area contributed by atoms with E-state index in [1.54, 1.807) is 11.8 Å². The quantitative estimate of drug-likeness (QED) is 0.229. The van der Waals surface area contributed by atoms with Crippen LogP contribution in [0.1, 0.15) is 39.0 Å². The standard InChI is InChI=1S/C18H33F3N4OS/c1-4-25(22-2)11-7-5-6-10-24-12-8-16(17(27-3)9-13-24)23-15-26-14-18(19,20)21/h15,22H,4-14H2,1-3H3/b23-15+. The van der Waals surface area contributed by atoms with Crippen LogP contribution < -0.4 is 5.43 Å². The van der Waals surface area contributed by atoms with Crippen molar-refractivity contribution in [2.75, 3.05) is 52.6 Å². The van der Waals surface area contributed by atoms with E-state index in [2.05, 4.69) is 32.0 Å². The maximum absolute atomic E-state index is 12.1. The number of nitrogens with zero attached hydrogens (tertiary/aromatic N) is 3. The number of alkyl halides is 3. The third-order valence-corrected chi connectivity index (χ3v) is 5.45. The van der Waals surface area contributed by atoms with Crippen LogP contribution in [0.2, 0.25) is 0 Å². The van der Waals surface area contributed by atoms with Crippen molar-refractivity contribution in [3.05, 3.63) is 10.6 Å². The van der Waals surface area contributed by atoms with E-state index in [9.17, 15) is 13.2 Å². The molecule has 5 nitrogen and oxygen atoms in total. The first kappa shape index (κ1) is 24.3. The number of ether oxygens (including phenoxy) is 1. The fourth-order valence-electron chi connectivity index (χ4n) is 2.97. The monoisotopic (exact) mass is 410 g/mol. The molecule has 0 amide bonds. The molecule has 0 spiro atoms. The molecule has 1 aliphatic heterocycles. The highest BCUT2D eigenvalue weighted by Crippen LogP contribution is 2.27. The van der Waals surface area contributed by atoms with Gasteiger partial charge < -0.3 is 9.64 Å². The molecule has 0 unspecified atom stereocenters. The van der Waals surface area contributed by atoms with Gasteiger partial charge in [0.15, 0.2) is 13.0 Å². The number of unbranched alkanes of at least 4 members (excludes halogenated alkanes) is 2. The van der Waals surface area contributed by atoms with Crippen molar-refractivity contribution in [2.24, 2.45) is 4.99 Å². The van der Waals surface area contributed by atoms with E-state index in [0.29, 0.717) is 0 Å². The Morgan fingerprint density at radius 1 is 1.26 bits per heavy atom. The van der Waals surface area contributed by atoms with Crippen LogP contribution in [-0.4, -0.2) is 75.1 Å². The summed E-state index contributed by atoms with van der Waals surface area (Å²) >= 11 is 1.62. The van der Waals surface area contributed by atoms with Crippen LogP contribution in [0, 0.1) is 0 Å². The normalized spacial score (nSPS) is 17.1. The van der Waals surface area contributed by atoms with E-state index in [4.69, 9.17) is 0 Å². The lowest BCUT2D eigenvalue weighted by Crippen LogP contribution is -2.35. The number of thioether (sulfide) groups is 1. The van der Waals surface area contributed by atoms with Crippen LogP contribution in [0.5, 0.6) is 0 Å². The summed E-state index contributed by atoms with van der Waals surface area (Å²) in [4.78, 5) is 7.71. The summed E-state index contributed by atoms with van der Waals surface area (Å²) in [5.41, 5.74) is 4.02. The van der Waals surface area contributed by atoms with Crippen LogP contribution in [0.15, 0.2) is 15.6 Å². The molecule has 1 rings (SSSR count). The van der Waals surface area contributed by atoms with Gasteiger partial charge in [-0.1, -0.05) is 13.3 Å². The molecule has 0 aromatic rings. The first-order chi connectivity index (χ1) is 12.9. The highest BCUT2D eigenvalue weighted by atomic mass is 32.2. The molecule has 0 aromatic heterocycles. The van der Waals surface area contributed by atoms with E-state index < -0.39 is 12.8 Å². The van der Waals surface area contributed by atoms with Gasteiger partial charge in [-0.3, -0.25) is 5.43 Å². The zero-order valence-electron chi connectivity index (χ0n) is 16.6. The molecule has 1 heterocycles. The molecule has 0 aromatic carbocycles. The molecular weight excluding hydrogens is 377 g/mol. The van der Waals surface area contributed by atoms with E-state index in [1.807, 2.05) is 13.3 Å². The van der Waals surface area contributed by atoms with Crippen LogP contribution in [0.4, 0.5) is 13.2 Å². The Kier molecular flexibility index (Phi) is 12.1. The molecule has 0 radical (unpaired) electrons. The van der Waals surface area contributed by atoms with E-state index >= 15 is 0 Å². The molecule has 1 aliphatic rings. The SMILES string of the molecule is CCN(CCCCCN1CCC(/N=C/OCC(F)(F)F)=C(SC)CC1)NC. The number of hydrazine groups is 1. The van der Waals surface area contributed by atoms with Crippen LogP contribution in [-0.2, 0) is 4.74 Å². The molecule has 27 heavy (non-hydrogen) atoms. The Morgan fingerprint density at radius 2 is 2.00 bits per heavy atom. The molecule has 0 aliphatic carbocycles. The lowest BCUT2D eigenvalue weighted by molar-refractivity contribution is -0.155. The zero-order chi connectivity index (χ0) is 20.1. The molecule has 1 N–H and O–H groups in total. The van der Waals surface area contributed by atoms with Crippen LogP contribution >= 0.6 is 11.8 Å². The number of aliphatic imine (C=N–C) groups is 1. The molecule has 0 bridgehead atoms. The summed E-state index contributed by atoms with van der Waals surface area (Å²) in [7, 11) is 1.95. The van der Waals surface area contributed by atoms with Gasteiger partial charge in [-0.05, 0) is 39.1 Å². The van der Waals surface area contributed by atoms with E-state index in [1.165, 1.54) is 12.8 Å². The summed E-state index contributed by atoms with van der Waals surface area (Å²) in [5.74, 6) is 0. The van der Waals surface area contributed by atoms with Gasteiger partial charge in [0.25, 0.3) is 0 Å². The van der Waals surface area contributed by atoms with Crippen molar-refractivity contribution in [3.8, 4) is 0 Å². The second kappa shape index (κ2) is 13.4. The predicted octanol–water partition coefficient (Wildman–Crippen LogP) is 3.89. The van der Waals surface area contributed by atoms with E-state index in [0.717, 1.165) is 69.0 Å². The predicted molar refractivity (Wildman–Crippen MR) is 107 cm³/mol. The Hall–Kier alpha value is -0.770. The molecular formula is C18H33F3N4OS. The van der Waals surface area contributed by atoms with Crippen LogP contribution in [0.3, 0.4) is 0 Å². The number of rotatable bonds is 12. The number of nitrogens with one attached hydrogen (secondary N) is 1. The average Bonchev–Trinajstić information content (AvgIpc) is 2.83. The second-order valence-electron chi connectivity index (χ2n) is 6.44. The summed E-state index contributed by atoms with van der Waals surface area (Å²) in [6.45, 7) is 5.80. The van der Waals surface area contributed by atoms with Crippen molar-refractivity contribution in [1.29, 1.82) is 0 Å². The third-order valence-electron chi connectivity index (χ3n) is 4.52. The summed E-state index contributed by atoms with van der Waals surface area (Å²) in [5, 5.41) is 2.20. The highest BCUT2D eigenvalue weighted by molar-refractivity contribution is 8.02. The minimum atomic E-state index is -4.33. The molecule has 0 saturated carbocycles. The van der Waals surface area contributed by atoms with Gasteiger partial charge in [0.1, 0.15) is 0 Å². The molecule has 9 heteroatoms. The minimum Gasteiger partial charge on any atom is -0.474 e. The summed E-state index contributed by atoms with van der Waals surface area (Å²) in [6, 6.07) is 0.